The zero-order valence-electron chi connectivity index (χ0n) is 8.62. The van der Waals surface area contributed by atoms with Crippen molar-refractivity contribution >= 4 is 11.5 Å². The first kappa shape index (κ1) is 11.4. The predicted octanol–water partition coefficient (Wildman–Crippen LogP) is 3.64. The molecule has 17 heavy (non-hydrogen) atoms. The molecule has 1 N–H and O–H groups in total. The largest absolute Gasteiger partial charge is 0.419 e. The van der Waals surface area contributed by atoms with Crippen LogP contribution in [-0.4, -0.2) is 4.98 Å². The number of aromatic nitrogens is 1. The molecule has 5 heteroatoms. The van der Waals surface area contributed by atoms with Gasteiger partial charge in [0.15, 0.2) is 0 Å². The number of benzene rings is 1. The summed E-state index contributed by atoms with van der Waals surface area (Å²) in [6.07, 6.45) is -3.12. The number of para-hydroxylation sites is 1. The van der Waals surface area contributed by atoms with Gasteiger partial charge in [-0.2, -0.15) is 13.2 Å². The van der Waals surface area contributed by atoms with Gasteiger partial charge in [0.1, 0.15) is 5.82 Å². The van der Waals surface area contributed by atoms with Gasteiger partial charge in [-0.3, -0.25) is 0 Å². The Balaban J connectivity index is 2.34. The van der Waals surface area contributed by atoms with Gasteiger partial charge in [0.2, 0.25) is 0 Å². The van der Waals surface area contributed by atoms with E-state index in [0.717, 1.165) is 6.07 Å². The summed E-state index contributed by atoms with van der Waals surface area (Å²) in [4.78, 5) is 3.69. The molecule has 2 aromatic rings. The molecule has 0 unspecified atom stereocenters. The Kier molecular flexibility index (Phi) is 2.99. The van der Waals surface area contributed by atoms with Crippen molar-refractivity contribution in [2.45, 2.75) is 6.18 Å². The molecule has 0 saturated carbocycles. The number of alkyl halides is 3. The highest BCUT2D eigenvalue weighted by atomic mass is 19.4. The number of pyridine rings is 1. The van der Waals surface area contributed by atoms with Crippen LogP contribution in [0.4, 0.5) is 24.7 Å². The van der Waals surface area contributed by atoms with E-state index in [1.165, 1.54) is 12.3 Å². The molecule has 1 aromatic heterocycles. The summed E-state index contributed by atoms with van der Waals surface area (Å²) in [5, 5.41) is 2.59. The summed E-state index contributed by atoms with van der Waals surface area (Å²) in [5.74, 6) is -0.220. The average molecular weight is 237 g/mol. The lowest BCUT2D eigenvalue weighted by atomic mass is 10.2. The zero-order chi connectivity index (χ0) is 12.3. The minimum Gasteiger partial charge on any atom is -0.339 e. The Hall–Kier alpha value is -2.04. The van der Waals surface area contributed by atoms with Crippen molar-refractivity contribution in [2.75, 3.05) is 5.32 Å². The van der Waals surface area contributed by atoms with Crippen LogP contribution in [-0.2, 0) is 6.18 Å². The van der Waals surface area contributed by atoms with Crippen LogP contribution < -0.4 is 5.32 Å². The van der Waals surface area contributed by atoms with Crippen LogP contribution >= 0.6 is 0 Å². The van der Waals surface area contributed by atoms with Crippen molar-refractivity contribution in [1.82, 2.24) is 4.98 Å². The fraction of sp³-hybridized carbons (Fsp3) is 0.0833. The lowest BCUT2D eigenvalue weighted by molar-refractivity contribution is -0.137. The molecule has 1 aromatic carbocycles. The molecule has 0 aliphatic carbocycles. The monoisotopic (exact) mass is 237 g/mol. The smallest absolute Gasteiger partial charge is 0.339 e. The summed E-state index contributed by atoms with van der Waals surface area (Å²) in [5.41, 5.74) is -0.353. The Morgan fingerprint density at radius 1 is 1.12 bits per heavy atom. The van der Waals surface area contributed by atoms with E-state index in [-0.39, 0.29) is 5.82 Å². The first-order chi connectivity index (χ1) is 8.07. The van der Waals surface area contributed by atoms with Crippen molar-refractivity contribution in [3.8, 4) is 0 Å². The molecular weight excluding hydrogens is 229 g/mol. The summed E-state index contributed by atoms with van der Waals surface area (Å²) in [6.45, 7) is 0. The van der Waals surface area contributed by atoms with Gasteiger partial charge in [0.25, 0.3) is 0 Å². The van der Waals surface area contributed by atoms with Crippen molar-refractivity contribution in [3.63, 3.8) is 0 Å². The van der Waals surface area contributed by atoms with E-state index in [2.05, 4.69) is 16.4 Å². The molecular formula is C12H8F3N2. The van der Waals surface area contributed by atoms with Crippen LogP contribution in [0.25, 0.3) is 0 Å². The van der Waals surface area contributed by atoms with Crippen molar-refractivity contribution < 1.29 is 13.2 Å². The predicted molar refractivity (Wildman–Crippen MR) is 57.8 cm³/mol. The topological polar surface area (TPSA) is 24.9 Å². The van der Waals surface area contributed by atoms with E-state index in [9.17, 15) is 13.2 Å². The van der Waals surface area contributed by atoms with Gasteiger partial charge >= 0.3 is 6.18 Å². The highest BCUT2D eigenvalue weighted by molar-refractivity contribution is 5.59. The Morgan fingerprint density at radius 2 is 1.94 bits per heavy atom. The molecule has 0 spiro atoms. The number of halogens is 3. The van der Waals surface area contributed by atoms with Crippen molar-refractivity contribution in [2.24, 2.45) is 0 Å². The van der Waals surface area contributed by atoms with Crippen molar-refractivity contribution in [1.29, 1.82) is 0 Å². The third kappa shape index (κ3) is 2.75. The minimum atomic E-state index is -4.43. The molecule has 0 aliphatic rings. The number of hydrogen-bond acceptors (Lipinski definition) is 2. The lowest BCUT2D eigenvalue weighted by Gasteiger charge is -2.12. The van der Waals surface area contributed by atoms with E-state index in [1.807, 2.05) is 0 Å². The molecule has 1 heterocycles. The van der Waals surface area contributed by atoms with Crippen LogP contribution in [0.15, 0.2) is 42.6 Å². The molecule has 0 bridgehead atoms. The lowest BCUT2D eigenvalue weighted by Crippen LogP contribution is -2.09. The van der Waals surface area contributed by atoms with E-state index in [4.69, 9.17) is 0 Å². The van der Waals surface area contributed by atoms with E-state index in [0.29, 0.717) is 5.69 Å². The van der Waals surface area contributed by atoms with Gasteiger partial charge in [-0.25, -0.2) is 4.98 Å². The van der Waals surface area contributed by atoms with Crippen LogP contribution in [0.1, 0.15) is 5.56 Å². The van der Waals surface area contributed by atoms with Gasteiger partial charge in [0, 0.05) is 18.0 Å². The van der Waals surface area contributed by atoms with E-state index < -0.39 is 11.7 Å². The number of anilines is 2. The molecule has 0 amide bonds. The summed E-state index contributed by atoms with van der Waals surface area (Å²) >= 11 is 0. The Bertz CT molecular complexity index is 495. The van der Waals surface area contributed by atoms with Gasteiger partial charge in [0.05, 0.1) is 5.56 Å². The molecule has 87 valence electrons. The molecule has 2 nitrogen and oxygen atoms in total. The molecule has 0 atom stereocenters. The van der Waals surface area contributed by atoms with Gasteiger partial charge < -0.3 is 5.32 Å². The maximum absolute atomic E-state index is 12.7. The molecule has 2 rings (SSSR count). The average Bonchev–Trinajstić information content (AvgIpc) is 2.30. The van der Waals surface area contributed by atoms with Crippen LogP contribution in [0.2, 0.25) is 0 Å². The second-order valence-corrected chi connectivity index (χ2v) is 3.30. The Morgan fingerprint density at radius 3 is 2.59 bits per heavy atom. The number of hydrogen-bond donors (Lipinski definition) is 1. The van der Waals surface area contributed by atoms with Gasteiger partial charge in [-0.15, -0.1) is 0 Å². The van der Waals surface area contributed by atoms with Crippen LogP contribution in [0.3, 0.4) is 0 Å². The second kappa shape index (κ2) is 4.45. The first-order valence-electron chi connectivity index (χ1n) is 4.83. The van der Waals surface area contributed by atoms with Gasteiger partial charge in [-0.1, -0.05) is 18.2 Å². The van der Waals surface area contributed by atoms with E-state index >= 15 is 0 Å². The fourth-order valence-corrected chi connectivity index (χ4v) is 1.33. The summed E-state index contributed by atoms with van der Waals surface area (Å²) in [7, 11) is 0. The molecule has 0 saturated heterocycles. The maximum Gasteiger partial charge on any atom is 0.419 e. The highest BCUT2D eigenvalue weighted by Gasteiger charge is 2.34. The number of rotatable bonds is 2. The zero-order valence-corrected chi connectivity index (χ0v) is 8.62. The minimum absolute atomic E-state index is 0.220. The van der Waals surface area contributed by atoms with Gasteiger partial charge in [-0.05, 0) is 18.2 Å². The third-order valence-electron chi connectivity index (χ3n) is 2.08. The molecule has 1 radical (unpaired) electrons. The standard InChI is InChI=1S/C12H8F3N2/c13-12(14,15)10-7-4-8-16-11(10)17-9-5-2-1-3-6-9/h1-5,7-8H,(H,16,17). The number of nitrogens with one attached hydrogen (secondary N) is 1. The van der Waals surface area contributed by atoms with E-state index in [1.54, 1.807) is 24.3 Å². The fourth-order valence-electron chi connectivity index (χ4n) is 1.33. The first-order valence-corrected chi connectivity index (χ1v) is 4.83. The SMILES string of the molecule is FC(F)(F)c1cccnc1Nc1[c]cccc1. The Labute approximate surface area is 96.1 Å². The van der Waals surface area contributed by atoms with Crippen molar-refractivity contribution in [3.05, 3.63) is 54.2 Å². The van der Waals surface area contributed by atoms with Crippen LogP contribution in [0, 0.1) is 6.07 Å². The highest BCUT2D eigenvalue weighted by Crippen LogP contribution is 2.34. The van der Waals surface area contributed by atoms with Crippen LogP contribution in [0.5, 0.6) is 0 Å². The number of nitrogens with zero attached hydrogens (tertiary/aromatic N) is 1. The summed E-state index contributed by atoms with van der Waals surface area (Å²) in [6, 6.07) is 11.7. The molecule has 0 aliphatic heterocycles. The summed E-state index contributed by atoms with van der Waals surface area (Å²) < 4.78 is 38.0. The quantitative estimate of drug-likeness (QED) is 0.862. The maximum atomic E-state index is 12.7. The molecule has 0 fully saturated rings. The second-order valence-electron chi connectivity index (χ2n) is 3.30. The third-order valence-corrected chi connectivity index (χ3v) is 2.08. The normalized spacial score (nSPS) is 11.2.